The highest BCUT2D eigenvalue weighted by atomic mass is 35.5. The highest BCUT2D eigenvalue weighted by Gasteiger charge is 2.53. The SMILES string of the molecule is CC1=C(Cl)C(=O)C(Cl)(C(C)C)C(Cl)C1=NS(=O)(=O)c1ccc(C)cc1. The van der Waals surface area contributed by atoms with E-state index in [4.69, 9.17) is 34.8 Å². The van der Waals surface area contributed by atoms with Crippen molar-refractivity contribution in [2.45, 2.75) is 42.8 Å². The molecule has 0 radical (unpaired) electrons. The lowest BCUT2D eigenvalue weighted by Gasteiger charge is -2.38. The number of Topliss-reactive ketones (excluding diaryl/α,β-unsaturated/α-hetero) is 1. The molecule has 2 atom stereocenters. The van der Waals surface area contributed by atoms with Gasteiger partial charge in [-0.25, -0.2) is 0 Å². The largest absolute Gasteiger partial charge is 0.291 e. The third-order valence-electron chi connectivity index (χ3n) is 4.25. The van der Waals surface area contributed by atoms with Gasteiger partial charge in [0.2, 0.25) is 0 Å². The minimum Gasteiger partial charge on any atom is -0.291 e. The van der Waals surface area contributed by atoms with Crippen molar-refractivity contribution >= 4 is 56.3 Å². The molecule has 0 bridgehead atoms. The van der Waals surface area contributed by atoms with Crippen molar-refractivity contribution in [1.82, 2.24) is 0 Å². The van der Waals surface area contributed by atoms with Gasteiger partial charge in [0, 0.05) is 0 Å². The molecule has 0 aromatic heterocycles. The zero-order valence-corrected chi connectivity index (χ0v) is 17.3. The maximum atomic E-state index is 12.6. The second-order valence-corrected chi connectivity index (χ2v) is 9.36. The summed E-state index contributed by atoms with van der Waals surface area (Å²) >= 11 is 19.0. The van der Waals surface area contributed by atoms with E-state index in [-0.39, 0.29) is 27.1 Å². The van der Waals surface area contributed by atoms with E-state index in [9.17, 15) is 13.2 Å². The van der Waals surface area contributed by atoms with Crippen LogP contribution in [0.25, 0.3) is 0 Å². The number of ketones is 1. The van der Waals surface area contributed by atoms with Crippen molar-refractivity contribution in [1.29, 1.82) is 0 Å². The molecule has 0 heterocycles. The summed E-state index contributed by atoms with van der Waals surface area (Å²) in [6.07, 6.45) is 0. The topological polar surface area (TPSA) is 63.6 Å². The summed E-state index contributed by atoms with van der Waals surface area (Å²) in [7, 11) is -4.02. The monoisotopic (exact) mass is 421 g/mol. The summed E-state index contributed by atoms with van der Waals surface area (Å²) in [6, 6.07) is 6.27. The average Bonchev–Trinajstić information content (AvgIpc) is 2.55. The number of aryl methyl sites for hydroxylation is 1. The van der Waals surface area contributed by atoms with E-state index in [1.807, 2.05) is 6.92 Å². The highest BCUT2D eigenvalue weighted by Crippen LogP contribution is 2.43. The Morgan fingerprint density at radius 3 is 2.16 bits per heavy atom. The van der Waals surface area contributed by atoms with Crippen molar-refractivity contribution in [3.8, 4) is 0 Å². The van der Waals surface area contributed by atoms with Crippen molar-refractivity contribution in [3.63, 3.8) is 0 Å². The van der Waals surface area contributed by atoms with Gasteiger partial charge in [0.15, 0.2) is 5.78 Å². The number of sulfonamides is 1. The van der Waals surface area contributed by atoms with Gasteiger partial charge in [-0.2, -0.15) is 12.8 Å². The number of halogens is 3. The van der Waals surface area contributed by atoms with Crippen LogP contribution >= 0.6 is 34.8 Å². The zero-order chi connectivity index (χ0) is 19.2. The van der Waals surface area contributed by atoms with Crippen LogP contribution in [-0.2, 0) is 14.8 Å². The summed E-state index contributed by atoms with van der Waals surface area (Å²) < 4.78 is 29.1. The van der Waals surface area contributed by atoms with Gasteiger partial charge >= 0.3 is 0 Å². The van der Waals surface area contributed by atoms with Gasteiger partial charge in [0.25, 0.3) is 10.0 Å². The van der Waals surface area contributed by atoms with E-state index in [2.05, 4.69) is 4.40 Å². The summed E-state index contributed by atoms with van der Waals surface area (Å²) in [5, 5.41) is -1.26. The van der Waals surface area contributed by atoms with E-state index < -0.39 is 26.1 Å². The first-order valence-electron chi connectivity index (χ1n) is 7.59. The molecule has 136 valence electrons. The van der Waals surface area contributed by atoms with Gasteiger partial charge < -0.3 is 0 Å². The van der Waals surface area contributed by atoms with Crippen LogP contribution in [0.1, 0.15) is 26.3 Å². The normalized spacial score (nSPS) is 26.6. The molecule has 0 saturated carbocycles. The zero-order valence-electron chi connectivity index (χ0n) is 14.2. The molecule has 2 unspecified atom stereocenters. The molecule has 1 aromatic rings. The van der Waals surface area contributed by atoms with Crippen LogP contribution in [0.4, 0.5) is 0 Å². The molecule has 0 spiro atoms. The fourth-order valence-corrected chi connectivity index (χ4v) is 4.72. The summed E-state index contributed by atoms with van der Waals surface area (Å²) in [4.78, 5) is 11.0. The minimum absolute atomic E-state index is 0.00413. The Hall–Kier alpha value is -0.880. The number of nitrogens with zero attached hydrogens (tertiary/aromatic N) is 1. The summed E-state index contributed by atoms with van der Waals surface area (Å²) in [5.74, 6) is -0.895. The second kappa shape index (κ2) is 7.03. The Bertz CT molecular complexity index is 873. The fourth-order valence-electron chi connectivity index (χ4n) is 2.52. The van der Waals surface area contributed by atoms with Gasteiger partial charge in [0.1, 0.15) is 10.3 Å². The van der Waals surface area contributed by atoms with Crippen LogP contribution in [0, 0.1) is 12.8 Å². The summed E-state index contributed by atoms with van der Waals surface area (Å²) in [6.45, 7) is 6.80. The fraction of sp³-hybridized carbons (Fsp3) is 0.412. The van der Waals surface area contributed by atoms with Gasteiger partial charge in [-0.05, 0) is 37.5 Å². The smallest absolute Gasteiger partial charge is 0.282 e. The Kier molecular flexibility index (Phi) is 5.74. The number of allylic oxidation sites excluding steroid dienone is 2. The van der Waals surface area contributed by atoms with E-state index >= 15 is 0 Å². The lowest BCUT2D eigenvalue weighted by Crippen LogP contribution is -2.53. The first-order chi connectivity index (χ1) is 11.4. The molecule has 1 aromatic carbocycles. The Labute approximate surface area is 162 Å². The Morgan fingerprint density at radius 1 is 1.16 bits per heavy atom. The molecule has 4 nitrogen and oxygen atoms in total. The maximum absolute atomic E-state index is 12.6. The number of hydrogen-bond acceptors (Lipinski definition) is 3. The van der Waals surface area contributed by atoms with E-state index in [0.29, 0.717) is 0 Å². The van der Waals surface area contributed by atoms with Gasteiger partial charge in [0.05, 0.1) is 15.6 Å². The lowest BCUT2D eigenvalue weighted by atomic mass is 9.79. The van der Waals surface area contributed by atoms with Gasteiger partial charge in [-0.1, -0.05) is 43.1 Å². The first-order valence-corrected chi connectivity index (χ1v) is 10.2. The van der Waals surface area contributed by atoms with Crippen molar-refractivity contribution in [3.05, 3.63) is 40.4 Å². The third-order valence-corrected chi connectivity index (χ3v) is 7.50. The standard InChI is InChI=1S/C17H18Cl3NO3S/c1-9(2)17(20)15(19)14(11(4)13(18)16(17)22)21-25(23,24)12-7-5-10(3)6-8-12/h5-9,15H,1-4H3. The first kappa shape index (κ1) is 20.4. The number of hydrogen-bond donors (Lipinski definition) is 0. The number of carbonyl (C=O) groups excluding carboxylic acids is 1. The van der Waals surface area contributed by atoms with Crippen LogP contribution in [0.15, 0.2) is 44.2 Å². The van der Waals surface area contributed by atoms with Crippen LogP contribution in [-0.4, -0.2) is 30.2 Å². The van der Waals surface area contributed by atoms with Crippen LogP contribution in [0.2, 0.25) is 0 Å². The quantitative estimate of drug-likeness (QED) is 0.675. The molecule has 0 amide bonds. The molecule has 0 saturated heterocycles. The Morgan fingerprint density at radius 2 is 1.68 bits per heavy atom. The third kappa shape index (κ3) is 3.52. The Balaban J connectivity index is 2.65. The molecule has 0 N–H and O–H groups in total. The number of rotatable bonds is 3. The predicted octanol–water partition coefficient (Wildman–Crippen LogP) is 4.46. The predicted molar refractivity (Wildman–Crippen MR) is 102 cm³/mol. The molecule has 2 rings (SSSR count). The molecule has 8 heteroatoms. The lowest BCUT2D eigenvalue weighted by molar-refractivity contribution is -0.118. The highest BCUT2D eigenvalue weighted by molar-refractivity contribution is 7.90. The molecular weight excluding hydrogens is 405 g/mol. The molecule has 1 aliphatic rings. The molecule has 25 heavy (non-hydrogen) atoms. The molecular formula is C17H18Cl3NO3S. The molecule has 1 aliphatic carbocycles. The average molecular weight is 423 g/mol. The van der Waals surface area contributed by atoms with E-state index in [0.717, 1.165) is 5.56 Å². The van der Waals surface area contributed by atoms with E-state index in [1.54, 1.807) is 26.0 Å². The number of carbonyl (C=O) groups is 1. The van der Waals surface area contributed by atoms with Gasteiger partial charge in [-0.15, -0.1) is 23.2 Å². The maximum Gasteiger partial charge on any atom is 0.282 e. The van der Waals surface area contributed by atoms with Crippen molar-refractivity contribution < 1.29 is 13.2 Å². The number of benzene rings is 1. The van der Waals surface area contributed by atoms with Crippen LogP contribution in [0.3, 0.4) is 0 Å². The molecule has 0 fully saturated rings. The van der Waals surface area contributed by atoms with Gasteiger partial charge in [-0.3, -0.25) is 4.79 Å². The van der Waals surface area contributed by atoms with E-state index in [1.165, 1.54) is 19.1 Å². The van der Waals surface area contributed by atoms with Crippen molar-refractivity contribution in [2.75, 3.05) is 0 Å². The molecule has 0 aliphatic heterocycles. The van der Waals surface area contributed by atoms with Crippen molar-refractivity contribution in [2.24, 2.45) is 10.3 Å². The minimum atomic E-state index is -4.02. The summed E-state index contributed by atoms with van der Waals surface area (Å²) in [5.41, 5.74) is 1.14. The second-order valence-electron chi connectivity index (χ2n) is 6.32. The number of alkyl halides is 2. The van der Waals surface area contributed by atoms with Crippen LogP contribution < -0.4 is 0 Å². The van der Waals surface area contributed by atoms with Crippen LogP contribution in [0.5, 0.6) is 0 Å².